The molecule has 0 spiro atoms. The fraction of sp³-hybridized carbons (Fsp3) is 0.0667. The molecule has 1 aromatic heterocycles. The highest BCUT2D eigenvalue weighted by molar-refractivity contribution is 6.05. The van der Waals surface area contributed by atoms with E-state index in [1.165, 1.54) is 12.1 Å². The minimum absolute atomic E-state index is 0.243. The van der Waals surface area contributed by atoms with Crippen LogP contribution in [0.5, 0.6) is 0 Å². The minimum atomic E-state index is -0.290. The van der Waals surface area contributed by atoms with Gasteiger partial charge in [-0.3, -0.25) is 4.79 Å². The van der Waals surface area contributed by atoms with Crippen LogP contribution in [-0.4, -0.2) is 15.9 Å². The molecule has 1 heterocycles. The SMILES string of the molecule is Cc1cc(NC(=O)c2ccc3nc[nH]c3c2)ccc1F. The van der Waals surface area contributed by atoms with Crippen molar-refractivity contribution in [3.8, 4) is 0 Å². The Hall–Kier alpha value is -2.69. The van der Waals surface area contributed by atoms with Crippen molar-refractivity contribution in [3.05, 3.63) is 59.7 Å². The number of aromatic amines is 1. The Labute approximate surface area is 114 Å². The summed E-state index contributed by atoms with van der Waals surface area (Å²) in [6, 6.07) is 9.68. The van der Waals surface area contributed by atoms with Crippen LogP contribution >= 0.6 is 0 Å². The molecule has 4 nitrogen and oxygen atoms in total. The molecular weight excluding hydrogens is 257 g/mol. The van der Waals surface area contributed by atoms with E-state index in [0.717, 1.165) is 11.0 Å². The van der Waals surface area contributed by atoms with Crippen LogP contribution in [0.1, 0.15) is 15.9 Å². The highest BCUT2D eigenvalue weighted by Gasteiger charge is 2.08. The maximum atomic E-state index is 13.2. The van der Waals surface area contributed by atoms with Crippen LogP contribution < -0.4 is 5.32 Å². The lowest BCUT2D eigenvalue weighted by Crippen LogP contribution is -2.12. The van der Waals surface area contributed by atoms with Gasteiger partial charge in [-0.05, 0) is 48.9 Å². The summed E-state index contributed by atoms with van der Waals surface area (Å²) < 4.78 is 13.2. The summed E-state index contributed by atoms with van der Waals surface area (Å²) in [7, 11) is 0. The summed E-state index contributed by atoms with van der Waals surface area (Å²) in [5.74, 6) is -0.533. The Morgan fingerprint density at radius 2 is 2.10 bits per heavy atom. The zero-order valence-corrected chi connectivity index (χ0v) is 10.8. The van der Waals surface area contributed by atoms with Crippen molar-refractivity contribution in [2.75, 3.05) is 5.32 Å². The Balaban J connectivity index is 1.86. The second kappa shape index (κ2) is 4.77. The number of fused-ring (bicyclic) bond motifs is 1. The lowest BCUT2D eigenvalue weighted by molar-refractivity contribution is 0.102. The number of amides is 1. The Morgan fingerprint density at radius 1 is 1.25 bits per heavy atom. The van der Waals surface area contributed by atoms with Crippen LogP contribution in [0.25, 0.3) is 11.0 Å². The van der Waals surface area contributed by atoms with Crippen molar-refractivity contribution in [2.45, 2.75) is 6.92 Å². The number of carbonyl (C=O) groups is 1. The number of halogens is 1. The quantitative estimate of drug-likeness (QED) is 0.750. The molecule has 3 aromatic rings. The van der Waals surface area contributed by atoms with Gasteiger partial charge in [0.1, 0.15) is 5.82 Å². The average Bonchev–Trinajstić information content (AvgIpc) is 2.90. The summed E-state index contributed by atoms with van der Waals surface area (Å²) in [6.07, 6.45) is 1.58. The van der Waals surface area contributed by atoms with Gasteiger partial charge in [-0.2, -0.15) is 0 Å². The van der Waals surface area contributed by atoms with Gasteiger partial charge in [0.05, 0.1) is 17.4 Å². The highest BCUT2D eigenvalue weighted by atomic mass is 19.1. The lowest BCUT2D eigenvalue weighted by atomic mass is 10.1. The van der Waals surface area contributed by atoms with Crippen molar-refractivity contribution in [3.63, 3.8) is 0 Å². The first kappa shape index (κ1) is 12.3. The van der Waals surface area contributed by atoms with E-state index in [1.807, 2.05) is 0 Å². The molecule has 0 atom stereocenters. The normalized spacial score (nSPS) is 10.7. The summed E-state index contributed by atoms with van der Waals surface area (Å²) in [5.41, 5.74) is 3.18. The maximum absolute atomic E-state index is 13.2. The molecule has 0 unspecified atom stereocenters. The third-order valence-electron chi connectivity index (χ3n) is 3.10. The van der Waals surface area contributed by atoms with Gasteiger partial charge in [-0.15, -0.1) is 0 Å². The predicted octanol–water partition coefficient (Wildman–Crippen LogP) is 3.26. The van der Waals surface area contributed by atoms with Gasteiger partial charge >= 0.3 is 0 Å². The van der Waals surface area contributed by atoms with Crippen LogP contribution in [0.3, 0.4) is 0 Å². The molecule has 0 bridgehead atoms. The number of aromatic nitrogens is 2. The first-order valence-corrected chi connectivity index (χ1v) is 6.14. The molecule has 0 aliphatic carbocycles. The monoisotopic (exact) mass is 269 g/mol. The third-order valence-corrected chi connectivity index (χ3v) is 3.10. The third kappa shape index (κ3) is 2.25. The number of nitrogens with zero attached hydrogens (tertiary/aromatic N) is 1. The average molecular weight is 269 g/mol. The lowest BCUT2D eigenvalue weighted by Gasteiger charge is -2.06. The molecule has 2 aromatic carbocycles. The number of aryl methyl sites for hydroxylation is 1. The van der Waals surface area contributed by atoms with Crippen LogP contribution in [0.2, 0.25) is 0 Å². The molecule has 0 aliphatic heterocycles. The first-order valence-electron chi connectivity index (χ1n) is 6.14. The van der Waals surface area contributed by atoms with Crippen molar-refractivity contribution >= 4 is 22.6 Å². The van der Waals surface area contributed by atoms with Crippen LogP contribution in [0, 0.1) is 12.7 Å². The van der Waals surface area contributed by atoms with E-state index in [2.05, 4.69) is 15.3 Å². The predicted molar refractivity (Wildman–Crippen MR) is 75.2 cm³/mol. The molecule has 0 saturated carbocycles. The molecular formula is C15H12FN3O. The first-order chi connectivity index (χ1) is 9.63. The van der Waals surface area contributed by atoms with Gasteiger partial charge < -0.3 is 10.3 Å². The smallest absolute Gasteiger partial charge is 0.255 e. The largest absolute Gasteiger partial charge is 0.345 e. The van der Waals surface area contributed by atoms with E-state index in [9.17, 15) is 9.18 Å². The number of hydrogen-bond donors (Lipinski definition) is 2. The Bertz CT molecular complexity index is 795. The Morgan fingerprint density at radius 3 is 2.90 bits per heavy atom. The van der Waals surface area contributed by atoms with Crippen molar-refractivity contribution < 1.29 is 9.18 Å². The molecule has 0 aliphatic rings. The van der Waals surface area contributed by atoms with E-state index < -0.39 is 0 Å². The molecule has 1 amide bonds. The summed E-state index contributed by atoms with van der Waals surface area (Å²) in [5, 5.41) is 2.74. The fourth-order valence-electron chi connectivity index (χ4n) is 2.00. The standard InChI is InChI=1S/C15H12FN3O/c1-9-6-11(3-4-12(9)16)19-15(20)10-2-5-13-14(7-10)18-8-17-13/h2-8H,1H3,(H,17,18)(H,19,20). The molecule has 3 rings (SSSR count). The number of H-pyrrole nitrogens is 1. The zero-order chi connectivity index (χ0) is 14.1. The number of anilines is 1. The van der Waals surface area contributed by atoms with E-state index in [-0.39, 0.29) is 11.7 Å². The van der Waals surface area contributed by atoms with Gasteiger partial charge in [0.25, 0.3) is 5.91 Å². The van der Waals surface area contributed by atoms with Crippen LogP contribution in [0.15, 0.2) is 42.7 Å². The Kier molecular flexibility index (Phi) is 2.95. The maximum Gasteiger partial charge on any atom is 0.255 e. The van der Waals surface area contributed by atoms with E-state index in [1.54, 1.807) is 37.5 Å². The van der Waals surface area contributed by atoms with E-state index in [0.29, 0.717) is 16.8 Å². The number of rotatable bonds is 2. The van der Waals surface area contributed by atoms with Gasteiger partial charge in [0.2, 0.25) is 0 Å². The van der Waals surface area contributed by atoms with Gasteiger partial charge in [0.15, 0.2) is 0 Å². The second-order valence-corrected chi connectivity index (χ2v) is 4.55. The topological polar surface area (TPSA) is 57.8 Å². The molecule has 100 valence electrons. The minimum Gasteiger partial charge on any atom is -0.345 e. The molecule has 5 heteroatoms. The van der Waals surface area contributed by atoms with Gasteiger partial charge in [-0.25, -0.2) is 9.37 Å². The summed E-state index contributed by atoms with van der Waals surface area (Å²) in [6.45, 7) is 1.65. The van der Waals surface area contributed by atoms with Crippen LogP contribution in [-0.2, 0) is 0 Å². The molecule has 2 N–H and O–H groups in total. The summed E-state index contributed by atoms with van der Waals surface area (Å²) in [4.78, 5) is 19.2. The second-order valence-electron chi connectivity index (χ2n) is 4.55. The number of nitrogens with one attached hydrogen (secondary N) is 2. The van der Waals surface area contributed by atoms with Crippen LogP contribution in [0.4, 0.5) is 10.1 Å². The van der Waals surface area contributed by atoms with E-state index in [4.69, 9.17) is 0 Å². The van der Waals surface area contributed by atoms with Crippen molar-refractivity contribution in [1.29, 1.82) is 0 Å². The highest BCUT2D eigenvalue weighted by Crippen LogP contribution is 2.16. The van der Waals surface area contributed by atoms with Crippen molar-refractivity contribution in [2.24, 2.45) is 0 Å². The van der Waals surface area contributed by atoms with Gasteiger partial charge in [-0.1, -0.05) is 0 Å². The number of imidazole rings is 1. The molecule has 0 fully saturated rings. The number of carbonyl (C=O) groups excluding carboxylic acids is 1. The van der Waals surface area contributed by atoms with Crippen molar-refractivity contribution in [1.82, 2.24) is 9.97 Å². The number of benzene rings is 2. The number of hydrogen-bond acceptors (Lipinski definition) is 2. The zero-order valence-electron chi connectivity index (χ0n) is 10.8. The van der Waals surface area contributed by atoms with Gasteiger partial charge in [0, 0.05) is 11.3 Å². The fourth-order valence-corrected chi connectivity index (χ4v) is 2.00. The molecule has 0 saturated heterocycles. The summed E-state index contributed by atoms with van der Waals surface area (Å²) >= 11 is 0. The van der Waals surface area contributed by atoms with E-state index >= 15 is 0 Å². The molecule has 20 heavy (non-hydrogen) atoms. The molecule has 0 radical (unpaired) electrons.